The monoisotopic (exact) mass is 685 g/mol. The van der Waals surface area contributed by atoms with E-state index in [0.717, 1.165) is 39.8 Å². The number of phenols is 1. The van der Waals surface area contributed by atoms with Crippen molar-refractivity contribution in [2.45, 2.75) is 85.8 Å². The number of hydrogen-bond donors (Lipinski definition) is 1. The van der Waals surface area contributed by atoms with Gasteiger partial charge in [-0.2, -0.15) is 0 Å². The van der Waals surface area contributed by atoms with E-state index in [1.54, 1.807) is 6.07 Å². The summed E-state index contributed by atoms with van der Waals surface area (Å²) >= 11 is -1.90. The maximum atomic E-state index is 10.1. The van der Waals surface area contributed by atoms with Crippen LogP contribution >= 0.6 is 0 Å². The fourth-order valence-corrected chi connectivity index (χ4v) is 18.8. The summed E-state index contributed by atoms with van der Waals surface area (Å²) in [5.74, 6) is 0.125. The molecule has 0 bridgehead atoms. The van der Waals surface area contributed by atoms with Gasteiger partial charge in [-0.3, -0.25) is 0 Å². The summed E-state index contributed by atoms with van der Waals surface area (Å²) in [6.45, 7) is 8.78. The second-order valence-electron chi connectivity index (χ2n) is 8.81. The normalized spacial score (nSPS) is 12.6. The zero-order valence-corrected chi connectivity index (χ0v) is 26.8. The number of hydrogen-bond acceptors (Lipinski definition) is 5. The molecular weight excluding hydrogens is 642 g/mol. The predicted molar refractivity (Wildman–Crippen MR) is 143 cm³/mol. The van der Waals surface area contributed by atoms with Gasteiger partial charge in [-0.15, -0.1) is 0 Å². The van der Waals surface area contributed by atoms with Crippen molar-refractivity contribution in [2.24, 2.45) is 10.2 Å². The minimum Gasteiger partial charge on any atom is -0.412 e. The summed E-state index contributed by atoms with van der Waals surface area (Å²) in [5.41, 5.74) is 3.15. The van der Waals surface area contributed by atoms with Crippen molar-refractivity contribution < 1.29 is 16.7 Å². The molecule has 0 aromatic heterocycles. The summed E-state index contributed by atoms with van der Waals surface area (Å²) in [4.78, 5) is 0. The molecular formula is C26H41N2O4Sn2. The molecule has 0 fully saturated rings. The van der Waals surface area contributed by atoms with Crippen LogP contribution in [0.3, 0.4) is 0 Å². The van der Waals surface area contributed by atoms with Crippen LogP contribution in [0.4, 0.5) is 11.4 Å². The molecule has 0 aliphatic rings. The van der Waals surface area contributed by atoms with E-state index in [9.17, 15) is 5.11 Å². The first-order valence-corrected chi connectivity index (χ1v) is 20.7. The first kappa shape index (κ1) is 31.3. The SMILES string of the molecule is CCC[CH2][Sn]([CH2]CCC)([CH2]CCC)[O]C([O][Sn])c1ccccc1N=Nc1cc(C)ccc1O.O. The third kappa shape index (κ3) is 9.76. The Balaban J connectivity index is 0.00000578. The molecule has 3 N–H and O–H groups in total. The summed E-state index contributed by atoms with van der Waals surface area (Å²) in [6, 6.07) is 13.3. The van der Waals surface area contributed by atoms with Gasteiger partial charge in [0.1, 0.15) is 0 Å². The molecule has 0 saturated carbocycles. The van der Waals surface area contributed by atoms with E-state index in [0.29, 0.717) is 5.69 Å². The third-order valence-electron chi connectivity index (χ3n) is 6.01. The number of nitrogens with zero attached hydrogens (tertiary/aromatic N) is 2. The number of aryl methyl sites for hydroxylation is 1. The average Bonchev–Trinajstić information content (AvgIpc) is 2.84. The van der Waals surface area contributed by atoms with Crippen molar-refractivity contribution in [3.8, 4) is 5.75 Å². The molecule has 0 amide bonds. The fraction of sp³-hybridized carbons (Fsp3) is 0.538. The van der Waals surface area contributed by atoms with Crippen molar-refractivity contribution in [3.63, 3.8) is 0 Å². The van der Waals surface area contributed by atoms with Gasteiger partial charge in [-0.05, 0) is 0 Å². The molecule has 6 nitrogen and oxygen atoms in total. The second-order valence-corrected chi connectivity index (χ2v) is 21.2. The van der Waals surface area contributed by atoms with Crippen molar-refractivity contribution in [2.75, 3.05) is 0 Å². The Morgan fingerprint density at radius 3 is 2.00 bits per heavy atom. The molecule has 0 spiro atoms. The van der Waals surface area contributed by atoms with E-state index in [1.807, 2.05) is 43.3 Å². The average molecular weight is 683 g/mol. The molecule has 187 valence electrons. The molecule has 2 rings (SSSR count). The number of unbranched alkanes of at least 4 members (excludes halogenated alkanes) is 3. The van der Waals surface area contributed by atoms with Gasteiger partial charge in [0, 0.05) is 0 Å². The van der Waals surface area contributed by atoms with Gasteiger partial charge in [0.2, 0.25) is 0 Å². The topological polar surface area (TPSA) is 94.9 Å². The maximum Gasteiger partial charge on any atom is -0.412 e. The van der Waals surface area contributed by atoms with E-state index in [-0.39, 0.29) is 11.2 Å². The van der Waals surface area contributed by atoms with Gasteiger partial charge in [-0.1, -0.05) is 0 Å². The quantitative estimate of drug-likeness (QED) is 0.118. The van der Waals surface area contributed by atoms with Crippen LogP contribution < -0.4 is 0 Å². The number of phenolic OH excluding ortho intramolecular Hbond substituents is 1. The fourth-order valence-electron chi connectivity index (χ4n) is 4.03. The van der Waals surface area contributed by atoms with E-state index < -0.39 is 25.1 Å². The Bertz CT molecular complexity index is 858. The van der Waals surface area contributed by atoms with Gasteiger partial charge in [0.05, 0.1) is 0 Å². The molecule has 3 radical (unpaired) electrons. The van der Waals surface area contributed by atoms with Crippen LogP contribution in [0.5, 0.6) is 5.75 Å². The Labute approximate surface area is 223 Å². The minimum atomic E-state index is -2.89. The number of rotatable bonds is 15. The first-order valence-electron chi connectivity index (χ1n) is 12.3. The Morgan fingerprint density at radius 2 is 1.44 bits per heavy atom. The molecule has 34 heavy (non-hydrogen) atoms. The van der Waals surface area contributed by atoms with Crippen LogP contribution in [-0.2, 0) is 6.15 Å². The van der Waals surface area contributed by atoms with E-state index in [1.165, 1.54) is 51.8 Å². The van der Waals surface area contributed by atoms with E-state index in [4.69, 9.17) is 6.15 Å². The van der Waals surface area contributed by atoms with Gasteiger partial charge < -0.3 is 5.48 Å². The zero-order valence-electron chi connectivity index (χ0n) is 21.1. The van der Waals surface area contributed by atoms with Gasteiger partial charge >= 0.3 is 220 Å². The minimum absolute atomic E-state index is 0. The predicted octanol–water partition coefficient (Wildman–Crippen LogP) is 7.75. The van der Waals surface area contributed by atoms with Crippen LogP contribution in [0, 0.1) is 6.92 Å². The van der Waals surface area contributed by atoms with Crippen LogP contribution in [0.2, 0.25) is 13.3 Å². The van der Waals surface area contributed by atoms with Crippen LogP contribution in [0.25, 0.3) is 0 Å². The largest absolute Gasteiger partial charge is 0.412 e. The molecule has 0 aliphatic heterocycles. The standard InChI is InChI=1S/C14H12N2O3.3C4H9.H2O.2Sn/c1-9-6-7-13(17)12(8-9)16-15-11-5-3-2-4-10(11)14(18)19;3*1-3-4-2;;;/h2-8,14,17H,1H3;3*1,3-4H2,2H3;1H2;;/q-2;;;;;2*+1. The Hall–Kier alpha value is -0.683. The first-order chi connectivity index (χ1) is 16.0. The van der Waals surface area contributed by atoms with Gasteiger partial charge in [0.25, 0.3) is 0 Å². The van der Waals surface area contributed by atoms with Crippen molar-refractivity contribution in [1.29, 1.82) is 0 Å². The van der Waals surface area contributed by atoms with Crippen LogP contribution in [-0.4, -0.2) is 52.3 Å². The third-order valence-corrected chi connectivity index (χ3v) is 19.5. The Morgan fingerprint density at radius 1 is 0.882 bits per heavy atom. The maximum absolute atomic E-state index is 10.1. The molecule has 8 heteroatoms. The summed E-state index contributed by atoms with van der Waals surface area (Å²) in [6.07, 6.45) is 6.92. The van der Waals surface area contributed by atoms with Gasteiger partial charge in [-0.25, -0.2) is 0 Å². The molecule has 0 aliphatic carbocycles. The second kappa shape index (κ2) is 16.9. The Kier molecular flexibility index (Phi) is 15.6. The van der Waals surface area contributed by atoms with E-state index in [2.05, 4.69) is 31.0 Å². The molecule has 2 aromatic rings. The molecule has 0 saturated heterocycles. The van der Waals surface area contributed by atoms with Crippen LogP contribution in [0.1, 0.15) is 76.7 Å². The molecule has 1 atom stereocenters. The smallest absolute Gasteiger partial charge is 0.412 e. The summed E-state index contributed by atoms with van der Waals surface area (Å²) in [7, 11) is 0. The molecule has 2 aromatic carbocycles. The molecule has 0 heterocycles. The van der Waals surface area contributed by atoms with Crippen molar-refractivity contribution >= 4 is 53.1 Å². The van der Waals surface area contributed by atoms with Crippen molar-refractivity contribution in [3.05, 3.63) is 53.6 Å². The number of aromatic hydroxyl groups is 1. The van der Waals surface area contributed by atoms with Crippen LogP contribution in [0.15, 0.2) is 52.7 Å². The molecule has 1 unspecified atom stereocenters. The summed E-state index contributed by atoms with van der Waals surface area (Å²) in [5, 5.41) is 19.0. The zero-order chi connectivity index (χ0) is 24.1. The number of azo groups is 1. The van der Waals surface area contributed by atoms with Crippen molar-refractivity contribution in [1.82, 2.24) is 0 Å². The number of benzene rings is 2. The van der Waals surface area contributed by atoms with E-state index >= 15 is 0 Å². The van der Waals surface area contributed by atoms with Gasteiger partial charge in [0.15, 0.2) is 0 Å². The summed E-state index contributed by atoms with van der Waals surface area (Å²) < 4.78 is 16.9.